The van der Waals surface area contributed by atoms with Crippen molar-refractivity contribution in [2.45, 2.75) is 63.3 Å². The molecule has 1 saturated heterocycles. The van der Waals surface area contributed by atoms with Crippen LogP contribution >= 0.6 is 0 Å². The Morgan fingerprint density at radius 2 is 2.12 bits per heavy atom. The molecule has 0 unspecified atom stereocenters. The third kappa shape index (κ3) is 3.02. The van der Waals surface area contributed by atoms with Crippen LogP contribution in [0.3, 0.4) is 0 Å². The van der Waals surface area contributed by atoms with Gasteiger partial charge < -0.3 is 9.32 Å². The van der Waals surface area contributed by atoms with E-state index in [1.807, 2.05) is 24.0 Å². The number of likely N-dealkylation sites (tertiary alicyclic amines) is 1. The second-order valence-electron chi connectivity index (χ2n) is 7.70. The molecule has 1 saturated carbocycles. The minimum atomic E-state index is -0.231. The van der Waals surface area contributed by atoms with E-state index in [1.165, 1.54) is 6.07 Å². The van der Waals surface area contributed by atoms with E-state index in [0.29, 0.717) is 23.8 Å². The number of aromatic nitrogens is 2. The van der Waals surface area contributed by atoms with Crippen molar-refractivity contribution in [2.75, 3.05) is 6.54 Å². The van der Waals surface area contributed by atoms with Crippen molar-refractivity contribution in [1.82, 2.24) is 15.1 Å². The number of hydrogen-bond acceptors (Lipinski definition) is 4. The number of benzene rings is 1. The van der Waals surface area contributed by atoms with Crippen molar-refractivity contribution in [2.24, 2.45) is 0 Å². The molecule has 2 fully saturated rings. The van der Waals surface area contributed by atoms with E-state index >= 15 is 0 Å². The minimum absolute atomic E-state index is 0.0521. The third-order valence-corrected chi connectivity index (χ3v) is 5.94. The minimum Gasteiger partial charge on any atom is -0.424 e. The summed E-state index contributed by atoms with van der Waals surface area (Å²) in [6, 6.07) is 6.92. The van der Waals surface area contributed by atoms with Crippen molar-refractivity contribution < 1.29 is 13.6 Å². The van der Waals surface area contributed by atoms with Gasteiger partial charge in [-0.25, -0.2) is 4.39 Å². The third-order valence-electron chi connectivity index (χ3n) is 5.94. The van der Waals surface area contributed by atoms with E-state index in [1.54, 1.807) is 13.0 Å². The van der Waals surface area contributed by atoms with Crippen molar-refractivity contribution in [3.8, 4) is 0 Å². The number of hydrogen-bond donors (Lipinski definition) is 0. The Balaban J connectivity index is 1.55. The first-order valence-electron chi connectivity index (χ1n) is 9.35. The summed E-state index contributed by atoms with van der Waals surface area (Å²) in [4.78, 5) is 13.7. The number of nitrogens with zero attached hydrogens (tertiary/aromatic N) is 3. The summed E-state index contributed by atoms with van der Waals surface area (Å²) >= 11 is 0. The van der Waals surface area contributed by atoms with Crippen LogP contribution in [0.4, 0.5) is 4.39 Å². The first kappa shape index (κ1) is 17.2. The van der Waals surface area contributed by atoms with Crippen LogP contribution in [-0.2, 0) is 16.6 Å². The number of carbonyl (C=O) groups is 1. The van der Waals surface area contributed by atoms with Gasteiger partial charge in [0.05, 0.1) is 11.3 Å². The highest BCUT2D eigenvalue weighted by atomic mass is 19.1. The lowest BCUT2D eigenvalue weighted by Gasteiger charge is -2.37. The Morgan fingerprint density at radius 3 is 2.81 bits per heavy atom. The Hall–Kier alpha value is -2.24. The molecule has 5 nitrogen and oxygen atoms in total. The van der Waals surface area contributed by atoms with Gasteiger partial charge in [0.2, 0.25) is 17.7 Å². The average molecular weight is 357 g/mol. The summed E-state index contributed by atoms with van der Waals surface area (Å²) in [5.74, 6) is 1.19. The van der Waals surface area contributed by atoms with Crippen LogP contribution in [0.15, 0.2) is 28.7 Å². The van der Waals surface area contributed by atoms with E-state index in [0.717, 1.165) is 32.2 Å². The zero-order valence-corrected chi connectivity index (χ0v) is 15.2. The average Bonchev–Trinajstić information content (AvgIpc) is 3.23. The normalized spacial score (nSPS) is 24.5. The molecule has 4 rings (SSSR count). The van der Waals surface area contributed by atoms with Crippen LogP contribution < -0.4 is 0 Å². The molecule has 1 amide bonds. The van der Waals surface area contributed by atoms with Gasteiger partial charge in [-0.2, -0.15) is 0 Å². The summed E-state index contributed by atoms with van der Waals surface area (Å²) in [5, 5.41) is 8.62. The fraction of sp³-hybridized carbons (Fsp3) is 0.550. The maximum absolute atomic E-state index is 14.0. The van der Waals surface area contributed by atoms with E-state index in [2.05, 4.69) is 10.2 Å². The maximum Gasteiger partial charge on any atom is 0.223 e. The lowest BCUT2D eigenvalue weighted by atomic mass is 9.90. The highest BCUT2D eigenvalue weighted by Crippen LogP contribution is 2.50. The molecular formula is C20H24FN3O2. The molecular weight excluding hydrogens is 333 g/mol. The summed E-state index contributed by atoms with van der Waals surface area (Å²) < 4.78 is 20.1. The predicted molar refractivity (Wildman–Crippen MR) is 94.1 cm³/mol. The molecule has 2 aliphatic rings. The van der Waals surface area contributed by atoms with Gasteiger partial charge in [0.15, 0.2) is 0 Å². The van der Waals surface area contributed by atoms with Crippen LogP contribution in [0, 0.1) is 5.82 Å². The Labute approximate surface area is 152 Å². The number of piperidine rings is 1. The van der Waals surface area contributed by atoms with Gasteiger partial charge in [-0.05, 0) is 50.7 Å². The van der Waals surface area contributed by atoms with Crippen molar-refractivity contribution in [3.63, 3.8) is 0 Å². The highest BCUT2D eigenvalue weighted by molar-refractivity contribution is 5.73. The molecule has 0 bridgehead atoms. The van der Waals surface area contributed by atoms with Crippen LogP contribution in [0.25, 0.3) is 0 Å². The molecule has 1 aromatic carbocycles. The fourth-order valence-electron chi connectivity index (χ4n) is 4.14. The summed E-state index contributed by atoms with van der Waals surface area (Å²) in [7, 11) is 0. The Morgan fingerprint density at radius 1 is 1.35 bits per heavy atom. The monoisotopic (exact) mass is 357 g/mol. The van der Waals surface area contributed by atoms with E-state index in [9.17, 15) is 9.18 Å². The number of amides is 1. The first-order valence-corrected chi connectivity index (χ1v) is 9.35. The largest absolute Gasteiger partial charge is 0.424 e. The molecule has 6 heteroatoms. The van der Waals surface area contributed by atoms with Gasteiger partial charge in [-0.1, -0.05) is 18.2 Å². The van der Waals surface area contributed by atoms with Crippen molar-refractivity contribution in [1.29, 1.82) is 0 Å². The van der Waals surface area contributed by atoms with Crippen LogP contribution in [-0.4, -0.2) is 33.6 Å². The molecule has 0 N–H and O–H groups in total. The zero-order valence-electron chi connectivity index (χ0n) is 15.2. The summed E-state index contributed by atoms with van der Waals surface area (Å²) in [6.45, 7) is 4.43. The summed E-state index contributed by atoms with van der Waals surface area (Å²) in [5.41, 5.74) is 0.463. The standard InChI is InChI=1S/C20H24FN3O2/c1-13-16(7-5-11-24(13)14(2)25)18-22-23-19(26-18)20(9-10-20)12-15-6-3-4-8-17(15)21/h3-4,6,8,13,16H,5,7,9-12H2,1-2H3/t13-,16-/m0/s1. The first-order chi connectivity index (χ1) is 12.5. The molecule has 0 spiro atoms. The molecule has 2 heterocycles. The smallest absolute Gasteiger partial charge is 0.223 e. The predicted octanol–water partition coefficient (Wildman–Crippen LogP) is 3.60. The lowest BCUT2D eigenvalue weighted by Crippen LogP contribution is -2.44. The van der Waals surface area contributed by atoms with Gasteiger partial charge in [0, 0.05) is 19.5 Å². The zero-order chi connectivity index (χ0) is 18.3. The Bertz CT molecular complexity index is 815. The lowest BCUT2D eigenvalue weighted by molar-refractivity contribution is -0.132. The van der Waals surface area contributed by atoms with Crippen LogP contribution in [0.2, 0.25) is 0 Å². The van der Waals surface area contributed by atoms with Gasteiger partial charge in [-0.15, -0.1) is 10.2 Å². The van der Waals surface area contributed by atoms with E-state index in [-0.39, 0.29) is 29.1 Å². The van der Waals surface area contributed by atoms with Crippen molar-refractivity contribution in [3.05, 3.63) is 47.4 Å². The maximum atomic E-state index is 14.0. The quantitative estimate of drug-likeness (QED) is 0.839. The van der Waals surface area contributed by atoms with E-state index < -0.39 is 0 Å². The molecule has 138 valence electrons. The molecule has 1 aliphatic carbocycles. The van der Waals surface area contributed by atoms with Crippen LogP contribution in [0.1, 0.15) is 62.8 Å². The Kier molecular flexibility index (Phi) is 4.29. The second-order valence-corrected chi connectivity index (χ2v) is 7.70. The number of halogens is 1. The molecule has 2 atom stereocenters. The van der Waals surface area contributed by atoms with Gasteiger partial charge in [0.1, 0.15) is 5.82 Å². The molecule has 0 radical (unpaired) electrons. The molecule has 1 aromatic heterocycles. The highest BCUT2D eigenvalue weighted by Gasteiger charge is 2.50. The molecule has 26 heavy (non-hydrogen) atoms. The molecule has 1 aliphatic heterocycles. The SMILES string of the molecule is CC(=O)N1CCC[C@H](c2nnc(C3(Cc4ccccc4F)CC3)o2)[C@@H]1C. The fourth-order valence-corrected chi connectivity index (χ4v) is 4.14. The summed E-state index contributed by atoms with van der Waals surface area (Å²) in [6.07, 6.45) is 4.33. The van der Waals surface area contributed by atoms with E-state index in [4.69, 9.17) is 4.42 Å². The topological polar surface area (TPSA) is 59.2 Å². The number of carbonyl (C=O) groups excluding carboxylic acids is 1. The number of rotatable bonds is 4. The van der Waals surface area contributed by atoms with Crippen LogP contribution in [0.5, 0.6) is 0 Å². The van der Waals surface area contributed by atoms with Gasteiger partial charge in [0.25, 0.3) is 0 Å². The molecule has 2 aromatic rings. The van der Waals surface area contributed by atoms with Crippen molar-refractivity contribution >= 4 is 5.91 Å². The van der Waals surface area contributed by atoms with Gasteiger partial charge in [-0.3, -0.25) is 4.79 Å². The second kappa shape index (κ2) is 6.49. The van der Waals surface area contributed by atoms with Gasteiger partial charge >= 0.3 is 0 Å².